The molecule has 0 aliphatic carbocycles. The van der Waals surface area contributed by atoms with Gasteiger partial charge in [-0.05, 0) is 39.1 Å². The molecule has 7 heteroatoms. The highest BCUT2D eigenvalue weighted by molar-refractivity contribution is 7.80. The molecule has 1 aliphatic heterocycles. The lowest BCUT2D eigenvalue weighted by molar-refractivity contribution is -0.127. The SMILES string of the molecule is CCN(CC)C(=O)C1=C(C)NC(=S)NC1c1cccc(OC)c1OC. The molecule has 0 fully saturated rings. The molecule has 1 amide bonds. The Morgan fingerprint density at radius 2 is 1.92 bits per heavy atom. The Labute approximate surface area is 154 Å². The van der Waals surface area contributed by atoms with Gasteiger partial charge in [0.05, 0.1) is 25.8 Å². The first-order valence-electron chi connectivity index (χ1n) is 8.26. The number of para-hydroxylation sites is 1. The molecule has 0 spiro atoms. The van der Waals surface area contributed by atoms with E-state index in [0.29, 0.717) is 35.3 Å². The summed E-state index contributed by atoms with van der Waals surface area (Å²) in [7, 11) is 3.17. The number of nitrogens with one attached hydrogen (secondary N) is 2. The van der Waals surface area contributed by atoms with Gasteiger partial charge in [-0.2, -0.15) is 0 Å². The molecule has 6 nitrogen and oxygen atoms in total. The molecule has 25 heavy (non-hydrogen) atoms. The first-order chi connectivity index (χ1) is 12.0. The molecule has 1 heterocycles. The van der Waals surface area contributed by atoms with Crippen LogP contribution in [0.15, 0.2) is 29.5 Å². The molecule has 0 saturated carbocycles. The van der Waals surface area contributed by atoms with Crippen LogP contribution in [0, 0.1) is 0 Å². The standard InChI is InChI=1S/C18H25N3O3S/c1-6-21(7-2)17(22)14-11(3)19-18(25)20-15(14)12-9-8-10-13(23-4)16(12)24-5/h8-10,15H,6-7H2,1-5H3,(H2,19,20,25). The molecular formula is C18H25N3O3S. The molecule has 2 N–H and O–H groups in total. The number of carbonyl (C=O) groups is 1. The number of rotatable bonds is 6. The fourth-order valence-electron chi connectivity index (χ4n) is 3.03. The zero-order valence-corrected chi connectivity index (χ0v) is 16.1. The van der Waals surface area contributed by atoms with E-state index in [1.54, 1.807) is 19.1 Å². The van der Waals surface area contributed by atoms with Gasteiger partial charge >= 0.3 is 0 Å². The largest absolute Gasteiger partial charge is 0.493 e. The smallest absolute Gasteiger partial charge is 0.253 e. The van der Waals surface area contributed by atoms with Gasteiger partial charge in [-0.1, -0.05) is 12.1 Å². The van der Waals surface area contributed by atoms with Gasteiger partial charge in [0.15, 0.2) is 16.6 Å². The van der Waals surface area contributed by atoms with E-state index in [-0.39, 0.29) is 5.91 Å². The summed E-state index contributed by atoms with van der Waals surface area (Å²) in [5, 5.41) is 6.74. The molecule has 1 aromatic rings. The summed E-state index contributed by atoms with van der Waals surface area (Å²) in [6, 6.07) is 5.20. The topological polar surface area (TPSA) is 62.8 Å². The number of benzene rings is 1. The lowest BCUT2D eigenvalue weighted by Gasteiger charge is -2.33. The average molecular weight is 363 g/mol. The Morgan fingerprint density at radius 1 is 1.24 bits per heavy atom. The Bertz CT molecular complexity index is 699. The van der Waals surface area contributed by atoms with Crippen molar-refractivity contribution in [3.05, 3.63) is 35.0 Å². The number of nitrogens with zero attached hydrogens (tertiary/aromatic N) is 1. The van der Waals surface area contributed by atoms with E-state index >= 15 is 0 Å². The second-order valence-corrected chi connectivity index (χ2v) is 6.04. The van der Waals surface area contributed by atoms with Crippen LogP contribution in [0.1, 0.15) is 32.4 Å². The third kappa shape index (κ3) is 3.71. The lowest BCUT2D eigenvalue weighted by atomic mass is 9.93. The van der Waals surface area contributed by atoms with Crippen LogP contribution < -0.4 is 20.1 Å². The first kappa shape index (κ1) is 19.1. The zero-order valence-electron chi connectivity index (χ0n) is 15.3. The number of amides is 1. The number of hydrogen-bond donors (Lipinski definition) is 2. The third-order valence-electron chi connectivity index (χ3n) is 4.29. The van der Waals surface area contributed by atoms with Crippen molar-refractivity contribution < 1.29 is 14.3 Å². The molecule has 0 saturated heterocycles. The van der Waals surface area contributed by atoms with Gasteiger partial charge in [0, 0.05) is 24.4 Å². The van der Waals surface area contributed by atoms with E-state index in [2.05, 4.69) is 10.6 Å². The van der Waals surface area contributed by atoms with Crippen molar-refractivity contribution >= 4 is 23.2 Å². The lowest BCUT2D eigenvalue weighted by Crippen LogP contribution is -2.47. The molecular weight excluding hydrogens is 338 g/mol. The van der Waals surface area contributed by atoms with Crippen molar-refractivity contribution in [3.63, 3.8) is 0 Å². The van der Waals surface area contributed by atoms with Gasteiger partial charge < -0.3 is 25.0 Å². The highest BCUT2D eigenvalue weighted by Gasteiger charge is 2.34. The summed E-state index contributed by atoms with van der Waals surface area (Å²) < 4.78 is 11.0. The second-order valence-electron chi connectivity index (χ2n) is 5.63. The van der Waals surface area contributed by atoms with Crippen molar-refractivity contribution in [1.29, 1.82) is 0 Å². The molecule has 1 atom stereocenters. The van der Waals surface area contributed by atoms with Crippen molar-refractivity contribution in [3.8, 4) is 11.5 Å². The van der Waals surface area contributed by atoms with Gasteiger partial charge in [-0.15, -0.1) is 0 Å². The maximum absolute atomic E-state index is 13.1. The predicted molar refractivity (Wildman–Crippen MR) is 102 cm³/mol. The number of allylic oxidation sites excluding steroid dienone is 1. The summed E-state index contributed by atoms with van der Waals surface area (Å²) in [5.74, 6) is 1.17. The average Bonchev–Trinajstić information content (AvgIpc) is 2.61. The summed E-state index contributed by atoms with van der Waals surface area (Å²) in [6.45, 7) is 7.07. The van der Waals surface area contributed by atoms with E-state index in [0.717, 1.165) is 11.3 Å². The number of likely N-dealkylation sites (N-methyl/N-ethyl adjacent to an activating group) is 1. The monoisotopic (exact) mass is 363 g/mol. The predicted octanol–water partition coefficient (Wildman–Crippen LogP) is 2.37. The van der Waals surface area contributed by atoms with Gasteiger partial charge in [-0.25, -0.2) is 0 Å². The van der Waals surface area contributed by atoms with E-state index in [1.807, 2.05) is 39.0 Å². The third-order valence-corrected chi connectivity index (χ3v) is 4.51. The van der Waals surface area contributed by atoms with Crippen molar-refractivity contribution in [2.45, 2.75) is 26.8 Å². The minimum Gasteiger partial charge on any atom is -0.493 e. The molecule has 0 radical (unpaired) electrons. The van der Waals surface area contributed by atoms with Crippen molar-refractivity contribution in [2.24, 2.45) is 0 Å². The number of ether oxygens (including phenoxy) is 2. The minimum atomic E-state index is -0.410. The number of carbonyl (C=O) groups excluding carboxylic acids is 1. The van der Waals surface area contributed by atoms with E-state index in [9.17, 15) is 4.79 Å². The van der Waals surface area contributed by atoms with Crippen LogP contribution in [-0.4, -0.2) is 43.2 Å². The Balaban J connectivity index is 2.59. The van der Waals surface area contributed by atoms with Crippen LogP contribution in [-0.2, 0) is 4.79 Å². The number of thiocarbonyl (C=S) groups is 1. The molecule has 1 aliphatic rings. The van der Waals surface area contributed by atoms with Crippen molar-refractivity contribution in [1.82, 2.24) is 15.5 Å². The van der Waals surface area contributed by atoms with Crippen molar-refractivity contribution in [2.75, 3.05) is 27.3 Å². The Hall–Kier alpha value is -2.28. The van der Waals surface area contributed by atoms with Crippen LogP contribution in [0.3, 0.4) is 0 Å². The Kier molecular flexibility index (Phi) is 6.25. The number of hydrogen-bond acceptors (Lipinski definition) is 4. The summed E-state index contributed by atoms with van der Waals surface area (Å²) in [5.41, 5.74) is 2.18. The second kappa shape index (κ2) is 8.20. The van der Waals surface area contributed by atoms with Crippen LogP contribution in [0.5, 0.6) is 11.5 Å². The highest BCUT2D eigenvalue weighted by Crippen LogP contribution is 2.39. The van der Waals surface area contributed by atoms with Crippen LogP contribution >= 0.6 is 12.2 Å². The first-order valence-corrected chi connectivity index (χ1v) is 8.67. The maximum Gasteiger partial charge on any atom is 0.253 e. The van der Waals surface area contributed by atoms with Gasteiger partial charge in [0.25, 0.3) is 5.91 Å². The van der Waals surface area contributed by atoms with Gasteiger partial charge in [-0.3, -0.25) is 4.79 Å². The molecule has 1 unspecified atom stereocenters. The fraction of sp³-hybridized carbons (Fsp3) is 0.444. The summed E-state index contributed by atoms with van der Waals surface area (Å²) in [4.78, 5) is 14.9. The minimum absolute atomic E-state index is 0.0279. The van der Waals surface area contributed by atoms with Gasteiger partial charge in [0.2, 0.25) is 0 Å². The summed E-state index contributed by atoms with van der Waals surface area (Å²) in [6.07, 6.45) is 0. The normalized spacial score (nSPS) is 16.8. The fourth-order valence-corrected chi connectivity index (χ4v) is 3.30. The number of methoxy groups -OCH3 is 2. The van der Waals surface area contributed by atoms with Crippen LogP contribution in [0.25, 0.3) is 0 Å². The quantitative estimate of drug-likeness (QED) is 0.757. The van der Waals surface area contributed by atoms with E-state index in [1.165, 1.54) is 0 Å². The molecule has 0 aromatic heterocycles. The highest BCUT2D eigenvalue weighted by atomic mass is 32.1. The summed E-state index contributed by atoms with van der Waals surface area (Å²) >= 11 is 5.31. The molecule has 136 valence electrons. The Morgan fingerprint density at radius 3 is 2.48 bits per heavy atom. The van der Waals surface area contributed by atoms with Gasteiger partial charge in [0.1, 0.15) is 0 Å². The zero-order chi connectivity index (χ0) is 18.6. The van der Waals surface area contributed by atoms with E-state index < -0.39 is 6.04 Å². The van der Waals surface area contributed by atoms with Crippen LogP contribution in [0.4, 0.5) is 0 Å². The molecule has 0 bridgehead atoms. The van der Waals surface area contributed by atoms with E-state index in [4.69, 9.17) is 21.7 Å². The maximum atomic E-state index is 13.1. The van der Waals surface area contributed by atoms with Crippen LogP contribution in [0.2, 0.25) is 0 Å². The molecule has 2 rings (SSSR count). The molecule has 1 aromatic carbocycles.